The zero-order valence-corrected chi connectivity index (χ0v) is 15.4. The third-order valence-electron chi connectivity index (χ3n) is 3.31. The third kappa shape index (κ3) is 6.24. The van der Waals surface area contributed by atoms with Gasteiger partial charge in [0.25, 0.3) is 0 Å². The SMILES string of the molecule is CCOC(=O)c1ccccc1C(=O)OCC.O=C(O)c1ccccc1C(=O)O. The lowest BCUT2D eigenvalue weighted by atomic mass is 10.1. The zero-order valence-electron chi connectivity index (χ0n) is 15.4. The van der Waals surface area contributed by atoms with E-state index in [-0.39, 0.29) is 35.5 Å². The van der Waals surface area contributed by atoms with Crippen LogP contribution in [0.5, 0.6) is 0 Å². The molecule has 28 heavy (non-hydrogen) atoms. The molecule has 0 fully saturated rings. The highest BCUT2D eigenvalue weighted by Crippen LogP contribution is 2.12. The molecular weight excluding hydrogens is 368 g/mol. The number of hydrogen-bond donors (Lipinski definition) is 2. The molecule has 0 radical (unpaired) electrons. The second-order valence-corrected chi connectivity index (χ2v) is 5.14. The molecule has 0 bridgehead atoms. The highest BCUT2D eigenvalue weighted by Gasteiger charge is 2.18. The molecule has 2 rings (SSSR count). The molecule has 0 unspecified atom stereocenters. The summed E-state index contributed by atoms with van der Waals surface area (Å²) in [4.78, 5) is 44.0. The zero-order chi connectivity index (χ0) is 21.1. The first kappa shape index (κ1) is 22.4. The summed E-state index contributed by atoms with van der Waals surface area (Å²) >= 11 is 0. The van der Waals surface area contributed by atoms with E-state index in [4.69, 9.17) is 19.7 Å². The van der Waals surface area contributed by atoms with Crippen molar-refractivity contribution in [2.75, 3.05) is 13.2 Å². The Kier molecular flexibility index (Phi) is 8.88. The molecule has 0 amide bonds. The number of benzene rings is 2. The molecular formula is C20H20O8. The lowest BCUT2D eigenvalue weighted by molar-refractivity contribution is 0.0479. The number of carboxylic acids is 2. The number of rotatable bonds is 6. The van der Waals surface area contributed by atoms with Crippen molar-refractivity contribution in [1.29, 1.82) is 0 Å². The topological polar surface area (TPSA) is 127 Å². The maximum absolute atomic E-state index is 11.5. The number of carboxylic acid groups (broad SMARTS) is 2. The summed E-state index contributed by atoms with van der Waals surface area (Å²) in [6.45, 7) is 3.97. The van der Waals surface area contributed by atoms with Gasteiger partial charge in [0.05, 0.1) is 35.5 Å². The van der Waals surface area contributed by atoms with Gasteiger partial charge in [-0.3, -0.25) is 0 Å². The summed E-state index contributed by atoms with van der Waals surface area (Å²) < 4.78 is 9.70. The number of carbonyl (C=O) groups excluding carboxylic acids is 2. The molecule has 2 aromatic carbocycles. The lowest BCUT2D eigenvalue weighted by Gasteiger charge is -2.07. The van der Waals surface area contributed by atoms with Gasteiger partial charge in [-0.25, -0.2) is 19.2 Å². The Morgan fingerprint density at radius 3 is 1.18 bits per heavy atom. The van der Waals surface area contributed by atoms with Gasteiger partial charge < -0.3 is 19.7 Å². The highest BCUT2D eigenvalue weighted by molar-refractivity contribution is 6.03. The van der Waals surface area contributed by atoms with Crippen molar-refractivity contribution >= 4 is 23.9 Å². The Morgan fingerprint density at radius 1 is 0.643 bits per heavy atom. The Labute approximate surface area is 161 Å². The van der Waals surface area contributed by atoms with E-state index in [0.29, 0.717) is 0 Å². The molecule has 0 spiro atoms. The van der Waals surface area contributed by atoms with Gasteiger partial charge in [0.1, 0.15) is 0 Å². The molecule has 148 valence electrons. The van der Waals surface area contributed by atoms with Crippen LogP contribution in [0.3, 0.4) is 0 Å². The molecule has 2 aromatic rings. The predicted molar refractivity (Wildman–Crippen MR) is 98.7 cm³/mol. The van der Waals surface area contributed by atoms with E-state index in [0.717, 1.165) is 0 Å². The molecule has 0 saturated carbocycles. The number of ether oxygens (including phenoxy) is 2. The largest absolute Gasteiger partial charge is 0.478 e. The molecule has 0 heterocycles. The molecule has 2 N–H and O–H groups in total. The number of esters is 2. The highest BCUT2D eigenvalue weighted by atomic mass is 16.5. The average molecular weight is 388 g/mol. The number of carbonyl (C=O) groups is 4. The molecule has 0 aliphatic heterocycles. The van der Waals surface area contributed by atoms with E-state index in [9.17, 15) is 19.2 Å². The van der Waals surface area contributed by atoms with E-state index in [2.05, 4.69) is 0 Å². The molecule has 8 nitrogen and oxygen atoms in total. The van der Waals surface area contributed by atoms with Crippen molar-refractivity contribution in [3.8, 4) is 0 Å². The fourth-order valence-corrected chi connectivity index (χ4v) is 2.11. The lowest BCUT2D eigenvalue weighted by Crippen LogP contribution is -2.13. The fourth-order valence-electron chi connectivity index (χ4n) is 2.11. The predicted octanol–water partition coefficient (Wildman–Crippen LogP) is 3.12. The van der Waals surface area contributed by atoms with Crippen molar-refractivity contribution in [1.82, 2.24) is 0 Å². The van der Waals surface area contributed by atoms with Crippen LogP contribution in [0, 0.1) is 0 Å². The first-order valence-corrected chi connectivity index (χ1v) is 8.32. The molecule has 0 aromatic heterocycles. The van der Waals surface area contributed by atoms with Gasteiger partial charge in [-0.2, -0.15) is 0 Å². The van der Waals surface area contributed by atoms with Crippen molar-refractivity contribution in [2.45, 2.75) is 13.8 Å². The van der Waals surface area contributed by atoms with E-state index in [1.54, 1.807) is 38.1 Å². The average Bonchev–Trinajstić information content (AvgIpc) is 2.68. The number of hydrogen-bond acceptors (Lipinski definition) is 6. The van der Waals surface area contributed by atoms with Crippen LogP contribution in [-0.2, 0) is 9.47 Å². The van der Waals surface area contributed by atoms with Gasteiger partial charge >= 0.3 is 23.9 Å². The summed E-state index contributed by atoms with van der Waals surface area (Å²) in [5.41, 5.74) is 0.0978. The van der Waals surface area contributed by atoms with E-state index >= 15 is 0 Å². The summed E-state index contributed by atoms with van der Waals surface area (Å²) in [7, 11) is 0. The summed E-state index contributed by atoms with van der Waals surface area (Å²) in [5.74, 6) is -3.47. The standard InChI is InChI=1S/C12H14O4.C8H6O4/c1-3-15-11(13)9-7-5-6-8-10(9)12(14)16-4-2;9-7(10)5-3-1-2-4-6(5)8(11)12/h5-8H,3-4H2,1-2H3;1-4H,(H,9,10)(H,11,12). The van der Waals surface area contributed by atoms with Gasteiger partial charge in [0.2, 0.25) is 0 Å². The van der Waals surface area contributed by atoms with Crippen LogP contribution in [0.1, 0.15) is 55.3 Å². The minimum Gasteiger partial charge on any atom is -0.478 e. The quantitative estimate of drug-likeness (QED) is 0.723. The van der Waals surface area contributed by atoms with Crippen molar-refractivity contribution < 1.29 is 38.9 Å². The van der Waals surface area contributed by atoms with Crippen LogP contribution >= 0.6 is 0 Å². The summed E-state index contributed by atoms with van der Waals surface area (Å²) in [5, 5.41) is 17.1. The second-order valence-electron chi connectivity index (χ2n) is 5.14. The maximum atomic E-state index is 11.5. The van der Waals surface area contributed by atoms with Gasteiger partial charge in [0, 0.05) is 0 Å². The molecule has 0 atom stereocenters. The van der Waals surface area contributed by atoms with E-state index in [1.165, 1.54) is 24.3 Å². The Hall–Kier alpha value is -3.68. The minimum atomic E-state index is -1.23. The van der Waals surface area contributed by atoms with Crippen LogP contribution in [-0.4, -0.2) is 47.3 Å². The Balaban J connectivity index is 0.000000292. The molecule has 8 heteroatoms. The van der Waals surface area contributed by atoms with Crippen LogP contribution < -0.4 is 0 Å². The van der Waals surface area contributed by atoms with Gasteiger partial charge in [0.15, 0.2) is 0 Å². The normalized spacial score (nSPS) is 9.50. The van der Waals surface area contributed by atoms with Crippen LogP contribution in [0.15, 0.2) is 48.5 Å². The molecule has 0 aliphatic rings. The van der Waals surface area contributed by atoms with Gasteiger partial charge in [-0.1, -0.05) is 24.3 Å². The Morgan fingerprint density at radius 2 is 0.929 bits per heavy atom. The first-order chi connectivity index (χ1) is 13.3. The summed E-state index contributed by atoms with van der Waals surface area (Å²) in [6.07, 6.45) is 0. The summed E-state index contributed by atoms with van der Waals surface area (Å²) in [6, 6.07) is 11.9. The Bertz CT molecular complexity index is 787. The van der Waals surface area contributed by atoms with Gasteiger partial charge in [-0.05, 0) is 38.1 Å². The molecule has 0 aliphatic carbocycles. The van der Waals surface area contributed by atoms with E-state index in [1.807, 2.05) is 0 Å². The minimum absolute atomic E-state index is 0.190. The second kappa shape index (κ2) is 11.1. The maximum Gasteiger partial charge on any atom is 0.338 e. The van der Waals surface area contributed by atoms with Crippen LogP contribution in [0.2, 0.25) is 0 Å². The molecule has 0 saturated heterocycles. The number of aromatic carboxylic acids is 2. The van der Waals surface area contributed by atoms with Crippen LogP contribution in [0.4, 0.5) is 0 Å². The van der Waals surface area contributed by atoms with Crippen LogP contribution in [0.25, 0.3) is 0 Å². The van der Waals surface area contributed by atoms with Crippen molar-refractivity contribution in [3.63, 3.8) is 0 Å². The van der Waals surface area contributed by atoms with Crippen molar-refractivity contribution in [2.24, 2.45) is 0 Å². The fraction of sp³-hybridized carbons (Fsp3) is 0.200. The first-order valence-electron chi connectivity index (χ1n) is 8.32. The smallest absolute Gasteiger partial charge is 0.338 e. The van der Waals surface area contributed by atoms with Gasteiger partial charge in [-0.15, -0.1) is 0 Å². The third-order valence-corrected chi connectivity index (χ3v) is 3.31. The van der Waals surface area contributed by atoms with Crippen molar-refractivity contribution in [3.05, 3.63) is 70.8 Å². The monoisotopic (exact) mass is 388 g/mol. The van der Waals surface area contributed by atoms with E-state index < -0.39 is 23.9 Å².